The molecule has 156 valence electrons. The maximum atomic E-state index is 11.8. The fourth-order valence-corrected chi connectivity index (χ4v) is 3.71. The lowest BCUT2D eigenvalue weighted by atomic mass is 9.89. The third kappa shape index (κ3) is 8.79. The Morgan fingerprint density at radius 3 is 2.46 bits per heavy atom. The van der Waals surface area contributed by atoms with E-state index in [0.717, 1.165) is 56.3 Å². The molecule has 0 spiro atoms. The molecule has 0 aliphatic carbocycles. The fourth-order valence-electron chi connectivity index (χ4n) is 3.71. The van der Waals surface area contributed by atoms with E-state index in [2.05, 4.69) is 24.4 Å². The van der Waals surface area contributed by atoms with Crippen LogP contribution < -0.4 is 5.32 Å². The van der Waals surface area contributed by atoms with Crippen molar-refractivity contribution in [3.63, 3.8) is 0 Å². The van der Waals surface area contributed by atoms with E-state index in [9.17, 15) is 4.79 Å². The quantitative estimate of drug-likeness (QED) is 0.167. The van der Waals surface area contributed by atoms with Crippen molar-refractivity contribution in [2.75, 3.05) is 20.1 Å². The van der Waals surface area contributed by atoms with E-state index in [0.29, 0.717) is 5.92 Å². The number of benzene rings is 1. The number of hydrogen-bond donors (Lipinski definition) is 3. The van der Waals surface area contributed by atoms with Gasteiger partial charge in [-0.2, -0.15) is 0 Å². The van der Waals surface area contributed by atoms with E-state index in [1.165, 1.54) is 37.5 Å². The Bertz CT molecular complexity index is 607. The third-order valence-corrected chi connectivity index (χ3v) is 5.42. The first-order chi connectivity index (χ1) is 13.5. The van der Waals surface area contributed by atoms with E-state index in [1.54, 1.807) is 11.8 Å². The van der Waals surface area contributed by atoms with Gasteiger partial charge in [-0.3, -0.25) is 15.6 Å². The average Bonchev–Trinajstić information content (AvgIpc) is 2.71. The molecule has 0 radical (unpaired) electrons. The van der Waals surface area contributed by atoms with Crippen molar-refractivity contribution in [3.8, 4) is 0 Å². The largest absolute Gasteiger partial charge is 0.324 e. The van der Waals surface area contributed by atoms with E-state index < -0.39 is 0 Å². The number of hydrogen-bond acceptors (Lipinski definition) is 4. The van der Waals surface area contributed by atoms with Crippen LogP contribution in [0.25, 0.3) is 0 Å². The molecule has 1 aromatic rings. The zero-order valence-corrected chi connectivity index (χ0v) is 17.9. The molecule has 1 rings (SSSR count). The highest BCUT2D eigenvalue weighted by Gasteiger charge is 2.12. The van der Waals surface area contributed by atoms with Crippen LogP contribution >= 0.6 is 0 Å². The molecule has 0 saturated carbocycles. The third-order valence-electron chi connectivity index (χ3n) is 5.42. The highest BCUT2D eigenvalue weighted by Crippen LogP contribution is 2.23. The van der Waals surface area contributed by atoms with Gasteiger partial charge in [0.05, 0.1) is 12.7 Å². The van der Waals surface area contributed by atoms with Crippen molar-refractivity contribution in [3.05, 3.63) is 34.9 Å². The molecule has 1 unspecified atom stereocenters. The number of carbonyl (C=O) groups excluding carboxylic acids is 1. The Hall–Kier alpha value is -2.01. The second-order valence-electron chi connectivity index (χ2n) is 7.54. The maximum Gasteiger partial charge on any atom is 0.160 e. The Balaban J connectivity index is 2.64. The Kier molecular flexibility index (Phi) is 12.1. The summed E-state index contributed by atoms with van der Waals surface area (Å²) in [5, 5.41) is 17.8. The Morgan fingerprint density at radius 1 is 1.14 bits per heavy atom. The SMILES string of the molecule is CCc1cc(CCC(CCCCNC)CCCN(C=N)C=N)ccc1C(C)=O. The summed E-state index contributed by atoms with van der Waals surface area (Å²) in [5.41, 5.74) is 3.33. The molecule has 0 bridgehead atoms. The van der Waals surface area contributed by atoms with Gasteiger partial charge in [0.15, 0.2) is 5.78 Å². The second-order valence-corrected chi connectivity index (χ2v) is 7.54. The maximum absolute atomic E-state index is 11.8. The van der Waals surface area contributed by atoms with Gasteiger partial charge in [-0.1, -0.05) is 38.0 Å². The van der Waals surface area contributed by atoms with Gasteiger partial charge < -0.3 is 10.2 Å². The van der Waals surface area contributed by atoms with Crippen LogP contribution in [-0.2, 0) is 12.8 Å². The van der Waals surface area contributed by atoms with Gasteiger partial charge in [-0.25, -0.2) is 0 Å². The predicted octanol–water partition coefficient (Wildman–Crippen LogP) is 4.69. The minimum atomic E-state index is 0.146. The molecule has 5 heteroatoms. The number of nitrogens with one attached hydrogen (secondary N) is 3. The van der Waals surface area contributed by atoms with Crippen molar-refractivity contribution in [2.45, 2.75) is 65.2 Å². The number of ketones is 1. The van der Waals surface area contributed by atoms with Gasteiger partial charge in [0.25, 0.3) is 0 Å². The molecule has 5 nitrogen and oxygen atoms in total. The van der Waals surface area contributed by atoms with Gasteiger partial charge in [-0.15, -0.1) is 0 Å². The van der Waals surface area contributed by atoms with E-state index in [4.69, 9.17) is 10.8 Å². The van der Waals surface area contributed by atoms with Crippen LogP contribution in [0, 0.1) is 16.7 Å². The normalized spacial score (nSPS) is 11.8. The van der Waals surface area contributed by atoms with Gasteiger partial charge in [0, 0.05) is 12.1 Å². The summed E-state index contributed by atoms with van der Waals surface area (Å²) in [6.07, 6.45) is 11.3. The molecule has 1 aromatic carbocycles. The zero-order valence-electron chi connectivity index (χ0n) is 17.9. The van der Waals surface area contributed by atoms with Crippen molar-refractivity contribution >= 4 is 18.5 Å². The van der Waals surface area contributed by atoms with Crippen LogP contribution in [0.4, 0.5) is 0 Å². The molecule has 0 heterocycles. The van der Waals surface area contributed by atoms with Crippen LogP contribution in [0.1, 0.15) is 73.9 Å². The van der Waals surface area contributed by atoms with Crippen LogP contribution in [0.5, 0.6) is 0 Å². The van der Waals surface area contributed by atoms with Crippen LogP contribution in [0.15, 0.2) is 18.2 Å². The number of aryl methyl sites for hydroxylation is 2. The molecule has 0 aliphatic rings. The number of unbranched alkanes of at least 4 members (excludes halogenated alkanes) is 1. The lowest BCUT2D eigenvalue weighted by molar-refractivity contribution is 0.101. The van der Waals surface area contributed by atoms with Gasteiger partial charge >= 0.3 is 0 Å². The van der Waals surface area contributed by atoms with Gasteiger partial charge in [-0.05, 0) is 76.1 Å². The molecule has 28 heavy (non-hydrogen) atoms. The molecule has 0 aliphatic heterocycles. The average molecular weight is 387 g/mol. The minimum absolute atomic E-state index is 0.146. The molecular weight excluding hydrogens is 348 g/mol. The molecule has 0 amide bonds. The summed E-state index contributed by atoms with van der Waals surface area (Å²) in [7, 11) is 2.00. The fraction of sp³-hybridized carbons (Fsp3) is 0.609. The first-order valence-electron chi connectivity index (χ1n) is 10.6. The van der Waals surface area contributed by atoms with Crippen molar-refractivity contribution in [1.82, 2.24) is 10.2 Å². The standard InChI is InChI=1S/C23H38N4O/c1-4-22-16-21(12-13-23(22)19(2)28)11-10-20(8-5-6-14-26-3)9-7-15-27(17-24)18-25/h12-13,16-18,20,24-26H,4-11,14-15H2,1-3H3. The van der Waals surface area contributed by atoms with Crippen LogP contribution in [0.2, 0.25) is 0 Å². The van der Waals surface area contributed by atoms with Gasteiger partial charge in [0.2, 0.25) is 0 Å². The van der Waals surface area contributed by atoms with Gasteiger partial charge in [0.1, 0.15) is 0 Å². The number of rotatable bonds is 16. The smallest absolute Gasteiger partial charge is 0.160 e. The molecular formula is C23H38N4O. The number of nitrogens with zero attached hydrogens (tertiary/aromatic N) is 1. The summed E-state index contributed by atoms with van der Waals surface area (Å²) >= 11 is 0. The molecule has 0 aromatic heterocycles. The lowest BCUT2D eigenvalue weighted by Gasteiger charge is -2.19. The molecule has 0 fully saturated rings. The van der Waals surface area contributed by atoms with E-state index in [-0.39, 0.29) is 5.78 Å². The first-order valence-corrected chi connectivity index (χ1v) is 10.6. The second kappa shape index (κ2) is 14.1. The summed E-state index contributed by atoms with van der Waals surface area (Å²) in [4.78, 5) is 13.4. The Labute approximate surface area is 170 Å². The first kappa shape index (κ1) is 24.0. The summed E-state index contributed by atoms with van der Waals surface area (Å²) in [5.74, 6) is 0.806. The summed E-state index contributed by atoms with van der Waals surface area (Å²) in [6, 6.07) is 6.31. The Morgan fingerprint density at radius 2 is 1.86 bits per heavy atom. The predicted molar refractivity (Wildman–Crippen MR) is 119 cm³/mol. The number of carbonyl (C=O) groups is 1. The molecule has 3 N–H and O–H groups in total. The van der Waals surface area contributed by atoms with Crippen molar-refractivity contribution in [2.24, 2.45) is 5.92 Å². The van der Waals surface area contributed by atoms with Crippen LogP contribution in [0.3, 0.4) is 0 Å². The van der Waals surface area contributed by atoms with E-state index >= 15 is 0 Å². The zero-order chi connectivity index (χ0) is 20.8. The molecule has 0 saturated heterocycles. The van der Waals surface area contributed by atoms with Crippen molar-refractivity contribution < 1.29 is 4.79 Å². The van der Waals surface area contributed by atoms with Crippen LogP contribution in [-0.4, -0.2) is 43.5 Å². The minimum Gasteiger partial charge on any atom is -0.324 e. The monoisotopic (exact) mass is 386 g/mol. The summed E-state index contributed by atoms with van der Waals surface area (Å²) < 4.78 is 0. The summed E-state index contributed by atoms with van der Waals surface area (Å²) in [6.45, 7) is 5.55. The molecule has 1 atom stereocenters. The topological polar surface area (TPSA) is 80.0 Å². The highest BCUT2D eigenvalue weighted by atomic mass is 16.1. The van der Waals surface area contributed by atoms with Crippen molar-refractivity contribution in [1.29, 1.82) is 10.8 Å². The van der Waals surface area contributed by atoms with E-state index in [1.807, 2.05) is 13.1 Å². The lowest BCUT2D eigenvalue weighted by Crippen LogP contribution is -2.21. The number of Topliss-reactive ketones (excluding diaryl/α,β-unsaturated/α-hetero) is 1. The highest BCUT2D eigenvalue weighted by molar-refractivity contribution is 5.95.